The van der Waals surface area contributed by atoms with E-state index < -0.39 is 81.9 Å². The summed E-state index contributed by atoms with van der Waals surface area (Å²) >= 11 is 8.66. The van der Waals surface area contributed by atoms with E-state index in [4.69, 9.17) is 5.73 Å². The van der Waals surface area contributed by atoms with Gasteiger partial charge in [0.05, 0.1) is 12.6 Å². The fraction of sp³-hybridized carbons (Fsp3) is 0.438. The molecule has 2 aromatic rings. The summed E-state index contributed by atoms with van der Waals surface area (Å²) in [6.07, 6.45) is -5.29. The maximum atomic E-state index is 13.2. The molecule has 0 unspecified atom stereocenters. The number of nitrogens with two attached hydrogens (primary N) is 1. The van der Waals surface area contributed by atoms with Crippen LogP contribution in [0.4, 0.5) is 13.2 Å². The number of carboxylic acid groups (broad SMARTS) is 1. The molecule has 0 heterocycles. The summed E-state index contributed by atoms with van der Waals surface area (Å²) in [5.74, 6) is -7.29. The van der Waals surface area contributed by atoms with E-state index in [-0.39, 0.29) is 18.6 Å². The van der Waals surface area contributed by atoms with Crippen LogP contribution in [-0.4, -0.2) is 87.1 Å². The van der Waals surface area contributed by atoms with Gasteiger partial charge in [-0.3, -0.25) is 19.2 Å². The van der Waals surface area contributed by atoms with Gasteiger partial charge in [0.25, 0.3) is 0 Å². The van der Waals surface area contributed by atoms with E-state index in [1.54, 1.807) is 30.3 Å². The van der Waals surface area contributed by atoms with Crippen LogP contribution >= 0.6 is 25.3 Å². The number of carbonyl (C=O) groups is 6. The number of carboxylic acids is 1. The van der Waals surface area contributed by atoms with Crippen LogP contribution in [0.1, 0.15) is 38.8 Å². The zero-order chi connectivity index (χ0) is 38.0. The minimum absolute atomic E-state index is 0.00657. The summed E-state index contributed by atoms with van der Waals surface area (Å²) in [5.41, 5.74) is 7.08. The van der Waals surface area contributed by atoms with Gasteiger partial charge in [0.15, 0.2) is 0 Å². The number of benzene rings is 2. The lowest BCUT2D eigenvalue weighted by molar-refractivity contribution is -0.189. The number of halogens is 3. The van der Waals surface area contributed by atoms with Crippen LogP contribution in [-0.2, 0) is 41.6 Å². The lowest BCUT2D eigenvalue weighted by Gasteiger charge is -2.30. The van der Waals surface area contributed by atoms with Crippen molar-refractivity contribution in [2.45, 2.75) is 80.4 Å². The molecule has 18 heteroatoms. The molecule has 0 radical (unpaired) electrons. The molecular formula is C32H40F3N5O8S2. The molecule has 0 fully saturated rings. The van der Waals surface area contributed by atoms with Gasteiger partial charge in [-0.05, 0) is 57.4 Å². The predicted molar refractivity (Wildman–Crippen MR) is 183 cm³/mol. The second-order valence-corrected chi connectivity index (χ2v) is 14.7. The fourth-order valence-corrected chi connectivity index (χ4v) is 4.73. The number of carbonyl (C=O) groups excluding carboxylic acids is 5. The number of nitrogens with one attached hydrogen (secondary N) is 4. The minimum atomic E-state index is -5.18. The lowest BCUT2D eigenvalue weighted by Crippen LogP contribution is -2.60. The van der Waals surface area contributed by atoms with E-state index in [0.717, 1.165) is 12.1 Å². The molecule has 4 atom stereocenters. The predicted octanol–water partition coefficient (Wildman–Crippen LogP) is 1.34. The number of hydrogen-bond donors (Lipinski definition) is 8. The van der Waals surface area contributed by atoms with Crippen molar-refractivity contribution >= 4 is 60.8 Å². The lowest BCUT2D eigenvalue weighted by atomic mass is 10.00. The number of esters is 1. The van der Waals surface area contributed by atoms with E-state index in [0.29, 0.717) is 11.1 Å². The standard InChI is InChI=1S/C32H40F3N5O8S2/c1-30(2,49)23(39-25(42)20(36)14-18-10-12-19(13-11-18)48-29(47)32(33,34)35)27(44)37-16-22(41)38-21(15-17-8-6-5-7-9-17)26(43)40-24(28(45)46)31(3,4)50/h5-13,20-21,23-24,49-50H,14-16,36H2,1-4H3,(H,37,44)(H,38,41)(H,39,42)(H,40,43)(H,45,46)/t20-,21-,23-,24-/m0/s1. The largest absolute Gasteiger partial charge is 0.491 e. The molecule has 274 valence electrons. The Kier molecular flexibility index (Phi) is 14.7. The Bertz CT molecular complexity index is 1530. The van der Waals surface area contributed by atoms with Gasteiger partial charge in [0.1, 0.15) is 23.9 Å². The number of aliphatic carboxylic acids is 1. The second-order valence-electron chi connectivity index (χ2n) is 12.4. The average molecular weight is 744 g/mol. The maximum absolute atomic E-state index is 13.2. The highest BCUT2D eigenvalue weighted by Gasteiger charge is 2.41. The van der Waals surface area contributed by atoms with E-state index in [1.807, 2.05) is 0 Å². The normalized spacial score (nSPS) is 14.3. The van der Waals surface area contributed by atoms with Gasteiger partial charge in [-0.1, -0.05) is 42.5 Å². The van der Waals surface area contributed by atoms with Crippen molar-refractivity contribution in [1.29, 1.82) is 0 Å². The third-order valence-electron chi connectivity index (χ3n) is 7.01. The van der Waals surface area contributed by atoms with Gasteiger partial charge in [-0.2, -0.15) is 38.4 Å². The third-order valence-corrected chi connectivity index (χ3v) is 7.53. The number of thiol groups is 2. The Balaban J connectivity index is 2.07. The number of amides is 4. The summed E-state index contributed by atoms with van der Waals surface area (Å²) < 4.78 is 39.2. The smallest absolute Gasteiger partial charge is 0.480 e. The number of hydrogen-bond acceptors (Lipinski definition) is 10. The summed E-state index contributed by atoms with van der Waals surface area (Å²) in [5, 5.41) is 19.4. The van der Waals surface area contributed by atoms with Crippen LogP contribution in [0.15, 0.2) is 54.6 Å². The van der Waals surface area contributed by atoms with Crippen molar-refractivity contribution in [2.24, 2.45) is 5.73 Å². The quantitative estimate of drug-likeness (QED) is 0.0709. The van der Waals surface area contributed by atoms with Crippen LogP contribution in [0.2, 0.25) is 0 Å². The van der Waals surface area contributed by atoms with Crippen molar-refractivity contribution < 1.29 is 51.8 Å². The van der Waals surface area contributed by atoms with Gasteiger partial charge >= 0.3 is 18.1 Å². The van der Waals surface area contributed by atoms with Crippen LogP contribution in [0.5, 0.6) is 5.75 Å². The highest BCUT2D eigenvalue weighted by molar-refractivity contribution is 7.82. The van der Waals surface area contributed by atoms with Gasteiger partial charge < -0.3 is 36.8 Å². The third kappa shape index (κ3) is 13.5. The molecular weight excluding hydrogens is 704 g/mol. The zero-order valence-corrected chi connectivity index (χ0v) is 29.3. The first-order valence-corrected chi connectivity index (χ1v) is 15.9. The van der Waals surface area contributed by atoms with Crippen LogP contribution in [0.25, 0.3) is 0 Å². The molecule has 0 aliphatic carbocycles. The first kappa shape index (κ1) is 41.9. The topological polar surface area (TPSA) is 206 Å². The first-order valence-electron chi connectivity index (χ1n) is 15.0. The summed E-state index contributed by atoms with van der Waals surface area (Å²) in [6.45, 7) is 5.42. The van der Waals surface area contributed by atoms with Crippen LogP contribution in [0.3, 0.4) is 0 Å². The van der Waals surface area contributed by atoms with Crippen molar-refractivity contribution in [1.82, 2.24) is 21.3 Å². The molecule has 0 spiro atoms. The second kappa shape index (κ2) is 17.6. The van der Waals surface area contributed by atoms with Crippen molar-refractivity contribution in [2.75, 3.05) is 6.54 Å². The van der Waals surface area contributed by atoms with Crippen LogP contribution in [0, 0.1) is 0 Å². The molecule has 0 saturated carbocycles. The molecule has 2 aromatic carbocycles. The Hall–Kier alpha value is -4.29. The molecule has 0 saturated heterocycles. The first-order chi connectivity index (χ1) is 23.0. The maximum Gasteiger partial charge on any atom is 0.491 e. The highest BCUT2D eigenvalue weighted by atomic mass is 32.1. The summed E-state index contributed by atoms with van der Waals surface area (Å²) in [7, 11) is 0. The van der Waals surface area contributed by atoms with E-state index in [2.05, 4.69) is 51.3 Å². The molecule has 0 aliphatic rings. The molecule has 7 N–H and O–H groups in total. The average Bonchev–Trinajstić information content (AvgIpc) is 3.00. The molecule has 4 amide bonds. The molecule has 0 aromatic heterocycles. The number of rotatable bonds is 16. The van der Waals surface area contributed by atoms with Crippen molar-refractivity contribution in [3.8, 4) is 5.75 Å². The van der Waals surface area contributed by atoms with E-state index >= 15 is 0 Å². The Morgan fingerprint density at radius 3 is 1.78 bits per heavy atom. The van der Waals surface area contributed by atoms with Crippen molar-refractivity contribution in [3.63, 3.8) is 0 Å². The molecule has 2 rings (SSSR count). The Labute approximate surface area is 297 Å². The summed E-state index contributed by atoms with van der Waals surface area (Å²) in [4.78, 5) is 75.1. The number of alkyl halides is 3. The minimum Gasteiger partial charge on any atom is -0.480 e. The Morgan fingerprint density at radius 1 is 0.760 bits per heavy atom. The molecule has 0 bridgehead atoms. The molecule has 13 nitrogen and oxygen atoms in total. The highest BCUT2D eigenvalue weighted by Crippen LogP contribution is 2.22. The molecule has 50 heavy (non-hydrogen) atoms. The Morgan fingerprint density at radius 2 is 1.28 bits per heavy atom. The van der Waals surface area contributed by atoms with Gasteiger partial charge in [-0.15, -0.1) is 0 Å². The summed E-state index contributed by atoms with van der Waals surface area (Å²) in [6, 6.07) is 8.24. The van der Waals surface area contributed by atoms with Crippen LogP contribution < -0.4 is 31.7 Å². The van der Waals surface area contributed by atoms with Gasteiger partial charge in [0.2, 0.25) is 23.6 Å². The fourth-order valence-electron chi connectivity index (χ4n) is 4.37. The van der Waals surface area contributed by atoms with E-state index in [9.17, 15) is 47.0 Å². The monoisotopic (exact) mass is 743 g/mol. The zero-order valence-electron chi connectivity index (χ0n) is 27.5. The van der Waals surface area contributed by atoms with Gasteiger partial charge in [-0.25, -0.2) is 9.59 Å². The SMILES string of the molecule is CC(C)(S)[C@@H](NC(=O)[C@H](Cc1ccccc1)NC(=O)CNC(=O)[C@H](NC(=O)[C@@H](N)Cc1ccc(OC(=O)C(F)(F)F)cc1)C(C)(C)S)C(=O)O. The van der Waals surface area contributed by atoms with E-state index in [1.165, 1.54) is 39.8 Å². The van der Waals surface area contributed by atoms with Crippen molar-refractivity contribution in [3.05, 3.63) is 65.7 Å². The van der Waals surface area contributed by atoms with Gasteiger partial charge in [0, 0.05) is 15.9 Å². The molecule has 0 aliphatic heterocycles. The number of ether oxygens (including phenoxy) is 1.